The van der Waals surface area contributed by atoms with Gasteiger partial charge in [0.25, 0.3) is 10.2 Å². The predicted octanol–water partition coefficient (Wildman–Crippen LogP) is 2.52. The standard InChI is InChI=1S/C16H16N4O2S/c21-23(22,19-10-13-5-2-1-3-6-13)20-15-8-4-7-14(9-15)16-11-17-12-18-16/h1-9,11-12,19-20H,10H2,(H,17,18). The van der Waals surface area contributed by atoms with Crippen LogP contribution >= 0.6 is 0 Å². The first-order valence-corrected chi connectivity index (χ1v) is 8.51. The van der Waals surface area contributed by atoms with Crippen molar-refractivity contribution in [3.05, 3.63) is 72.7 Å². The summed E-state index contributed by atoms with van der Waals surface area (Å²) in [6, 6.07) is 16.4. The van der Waals surface area contributed by atoms with E-state index in [0.717, 1.165) is 16.8 Å². The van der Waals surface area contributed by atoms with Crippen molar-refractivity contribution in [2.24, 2.45) is 0 Å². The monoisotopic (exact) mass is 328 g/mol. The van der Waals surface area contributed by atoms with E-state index in [1.54, 1.807) is 30.7 Å². The van der Waals surface area contributed by atoms with Crippen LogP contribution in [0, 0.1) is 0 Å². The van der Waals surface area contributed by atoms with E-state index >= 15 is 0 Å². The molecule has 1 heterocycles. The van der Waals surface area contributed by atoms with E-state index in [2.05, 4.69) is 19.4 Å². The maximum Gasteiger partial charge on any atom is 0.299 e. The average Bonchev–Trinajstić information content (AvgIpc) is 3.08. The molecule has 3 rings (SSSR count). The smallest absolute Gasteiger partial charge is 0.299 e. The van der Waals surface area contributed by atoms with Gasteiger partial charge in [0.15, 0.2) is 0 Å². The first-order chi connectivity index (χ1) is 11.1. The minimum absolute atomic E-state index is 0.233. The molecule has 0 radical (unpaired) electrons. The summed E-state index contributed by atoms with van der Waals surface area (Å²) >= 11 is 0. The van der Waals surface area contributed by atoms with Gasteiger partial charge in [-0.25, -0.2) is 4.98 Å². The Balaban J connectivity index is 1.69. The van der Waals surface area contributed by atoms with Crippen LogP contribution in [0.15, 0.2) is 67.1 Å². The third-order valence-electron chi connectivity index (χ3n) is 3.23. The Morgan fingerprint density at radius 3 is 2.61 bits per heavy atom. The van der Waals surface area contributed by atoms with E-state index in [-0.39, 0.29) is 6.54 Å². The van der Waals surface area contributed by atoms with Gasteiger partial charge in [0.1, 0.15) is 0 Å². The highest BCUT2D eigenvalue weighted by molar-refractivity contribution is 7.90. The van der Waals surface area contributed by atoms with Gasteiger partial charge in [-0.05, 0) is 17.7 Å². The van der Waals surface area contributed by atoms with Crippen LogP contribution in [-0.4, -0.2) is 18.4 Å². The Morgan fingerprint density at radius 1 is 1.04 bits per heavy atom. The second kappa shape index (κ2) is 6.64. The number of anilines is 1. The summed E-state index contributed by atoms with van der Waals surface area (Å²) < 4.78 is 29.3. The van der Waals surface area contributed by atoms with Crippen LogP contribution in [-0.2, 0) is 16.8 Å². The molecule has 0 bridgehead atoms. The average molecular weight is 328 g/mol. The molecule has 0 atom stereocenters. The minimum Gasteiger partial charge on any atom is -0.345 e. The highest BCUT2D eigenvalue weighted by atomic mass is 32.2. The quantitative estimate of drug-likeness (QED) is 0.650. The van der Waals surface area contributed by atoms with Crippen molar-refractivity contribution >= 4 is 15.9 Å². The van der Waals surface area contributed by atoms with Gasteiger partial charge in [-0.2, -0.15) is 13.1 Å². The number of imidazole rings is 1. The van der Waals surface area contributed by atoms with Crippen LogP contribution in [0.3, 0.4) is 0 Å². The van der Waals surface area contributed by atoms with Gasteiger partial charge >= 0.3 is 0 Å². The zero-order valence-corrected chi connectivity index (χ0v) is 13.0. The number of hydrogen-bond acceptors (Lipinski definition) is 3. The van der Waals surface area contributed by atoms with Crippen molar-refractivity contribution in [2.45, 2.75) is 6.54 Å². The van der Waals surface area contributed by atoms with Crippen molar-refractivity contribution in [1.82, 2.24) is 14.7 Å². The fourth-order valence-electron chi connectivity index (χ4n) is 2.13. The lowest BCUT2D eigenvalue weighted by molar-refractivity contribution is 0.587. The van der Waals surface area contributed by atoms with Gasteiger partial charge in [0, 0.05) is 12.1 Å². The molecule has 0 saturated heterocycles. The van der Waals surface area contributed by atoms with Gasteiger partial charge in [0.2, 0.25) is 0 Å². The lowest BCUT2D eigenvalue weighted by Gasteiger charge is -2.10. The molecule has 118 valence electrons. The first-order valence-electron chi connectivity index (χ1n) is 7.02. The number of aromatic amines is 1. The lowest BCUT2D eigenvalue weighted by Crippen LogP contribution is -2.29. The molecule has 3 N–H and O–H groups in total. The molecule has 0 aliphatic carbocycles. The molecule has 1 aromatic heterocycles. The van der Waals surface area contributed by atoms with Crippen molar-refractivity contribution in [3.63, 3.8) is 0 Å². The number of nitrogens with zero attached hydrogens (tertiary/aromatic N) is 1. The van der Waals surface area contributed by atoms with Crippen molar-refractivity contribution in [1.29, 1.82) is 0 Å². The van der Waals surface area contributed by atoms with Gasteiger partial charge in [-0.1, -0.05) is 42.5 Å². The maximum absolute atomic E-state index is 12.1. The van der Waals surface area contributed by atoms with Crippen LogP contribution in [0.2, 0.25) is 0 Å². The Hall–Kier alpha value is -2.64. The molecule has 0 amide bonds. The summed E-state index contributed by atoms with van der Waals surface area (Å²) in [7, 11) is -3.64. The zero-order chi connectivity index (χ0) is 16.1. The van der Waals surface area contributed by atoms with Crippen LogP contribution < -0.4 is 9.44 Å². The Kier molecular flexibility index (Phi) is 4.40. The topological polar surface area (TPSA) is 86.9 Å². The van der Waals surface area contributed by atoms with Crippen LogP contribution in [0.25, 0.3) is 11.3 Å². The third-order valence-corrected chi connectivity index (χ3v) is 4.26. The molecule has 0 aliphatic rings. The molecule has 7 heteroatoms. The highest BCUT2D eigenvalue weighted by Gasteiger charge is 2.10. The van der Waals surface area contributed by atoms with Crippen molar-refractivity contribution < 1.29 is 8.42 Å². The number of rotatable bonds is 6. The van der Waals surface area contributed by atoms with Gasteiger partial charge in [0.05, 0.1) is 23.9 Å². The molecule has 0 unspecified atom stereocenters. The van der Waals surface area contributed by atoms with Crippen LogP contribution in [0.5, 0.6) is 0 Å². The normalized spacial score (nSPS) is 11.3. The number of benzene rings is 2. The van der Waals surface area contributed by atoms with Crippen LogP contribution in [0.4, 0.5) is 5.69 Å². The Bertz CT molecular complexity index is 862. The summed E-state index contributed by atoms with van der Waals surface area (Å²) in [6.07, 6.45) is 3.26. The molecule has 6 nitrogen and oxygen atoms in total. The summed E-state index contributed by atoms with van der Waals surface area (Å²) in [6.45, 7) is 0.233. The Morgan fingerprint density at radius 2 is 1.87 bits per heavy atom. The SMILES string of the molecule is O=S(=O)(NCc1ccccc1)Nc1cccc(-c2cnc[nH]2)c1. The van der Waals surface area contributed by atoms with Gasteiger partial charge in [-0.15, -0.1) is 0 Å². The van der Waals surface area contributed by atoms with E-state index in [4.69, 9.17) is 0 Å². The van der Waals surface area contributed by atoms with Crippen molar-refractivity contribution in [3.8, 4) is 11.3 Å². The van der Waals surface area contributed by atoms with Gasteiger partial charge < -0.3 is 4.98 Å². The van der Waals surface area contributed by atoms with Crippen LogP contribution in [0.1, 0.15) is 5.56 Å². The molecular formula is C16H16N4O2S. The third kappa shape index (κ3) is 4.18. The lowest BCUT2D eigenvalue weighted by atomic mass is 10.1. The summed E-state index contributed by atoms with van der Waals surface area (Å²) in [5.74, 6) is 0. The molecule has 0 aliphatic heterocycles. The summed E-state index contributed by atoms with van der Waals surface area (Å²) in [5, 5.41) is 0. The highest BCUT2D eigenvalue weighted by Crippen LogP contribution is 2.20. The van der Waals surface area contributed by atoms with E-state index < -0.39 is 10.2 Å². The molecule has 0 spiro atoms. The summed E-state index contributed by atoms with van der Waals surface area (Å²) in [4.78, 5) is 6.95. The molecular weight excluding hydrogens is 312 g/mol. The number of H-pyrrole nitrogens is 1. The maximum atomic E-state index is 12.1. The van der Waals surface area contributed by atoms with E-state index in [1.165, 1.54) is 0 Å². The second-order valence-corrected chi connectivity index (χ2v) is 6.46. The molecule has 23 heavy (non-hydrogen) atoms. The van der Waals surface area contributed by atoms with E-state index in [0.29, 0.717) is 5.69 Å². The predicted molar refractivity (Wildman–Crippen MR) is 89.8 cm³/mol. The minimum atomic E-state index is -3.64. The number of nitrogens with one attached hydrogen (secondary N) is 3. The zero-order valence-electron chi connectivity index (χ0n) is 12.2. The largest absolute Gasteiger partial charge is 0.345 e. The first kappa shape index (κ1) is 15.3. The fourth-order valence-corrected chi connectivity index (χ4v) is 3.00. The molecule has 3 aromatic rings. The number of hydrogen-bond donors (Lipinski definition) is 3. The Labute approximate surface area is 134 Å². The van der Waals surface area contributed by atoms with E-state index in [9.17, 15) is 8.42 Å². The molecule has 2 aromatic carbocycles. The van der Waals surface area contributed by atoms with E-state index in [1.807, 2.05) is 36.4 Å². The fraction of sp³-hybridized carbons (Fsp3) is 0.0625. The van der Waals surface area contributed by atoms with Crippen molar-refractivity contribution in [2.75, 3.05) is 4.72 Å². The molecule has 0 saturated carbocycles. The van der Waals surface area contributed by atoms with Gasteiger partial charge in [-0.3, -0.25) is 4.72 Å². The second-order valence-electron chi connectivity index (χ2n) is 4.96. The molecule has 0 fully saturated rings. The number of aromatic nitrogens is 2. The summed E-state index contributed by atoms with van der Waals surface area (Å²) in [5.41, 5.74) is 3.05.